The number of carbonyl (C=O) groups excluding carboxylic acids is 2. The van der Waals surface area contributed by atoms with E-state index >= 15 is 0 Å². The minimum absolute atomic E-state index is 0.0447. The zero-order valence-corrected chi connectivity index (χ0v) is 11.1. The Balaban J connectivity index is 2.70. The third kappa shape index (κ3) is 1.67. The second-order valence-corrected chi connectivity index (χ2v) is 4.77. The van der Waals surface area contributed by atoms with Gasteiger partial charge in [-0.15, -0.1) is 0 Å². The van der Waals surface area contributed by atoms with Crippen LogP contribution in [0.2, 0.25) is 0 Å². The van der Waals surface area contributed by atoms with E-state index in [0.29, 0.717) is 10.8 Å². The Hall–Kier alpha value is -3.28. The summed E-state index contributed by atoms with van der Waals surface area (Å²) in [4.78, 5) is 22.9. The van der Waals surface area contributed by atoms with Crippen LogP contribution in [0.15, 0.2) is 30.3 Å². The quantitative estimate of drug-likeness (QED) is 0.144. The number of aldehydes is 1. The zero-order chi connectivity index (χ0) is 16.0. The van der Waals surface area contributed by atoms with Gasteiger partial charge in [0.15, 0.2) is 17.8 Å². The first-order valence-electron chi connectivity index (χ1n) is 6.28. The number of carbonyl (C=O) groups is 2. The highest BCUT2D eigenvalue weighted by molar-refractivity contribution is 6.40. The average molecular weight is 298 g/mol. The predicted molar refractivity (Wildman–Crippen MR) is 78.5 cm³/mol. The highest BCUT2D eigenvalue weighted by Gasteiger charge is 2.24. The molecule has 0 radical (unpaired) electrons. The summed E-state index contributed by atoms with van der Waals surface area (Å²) in [5, 5.41) is 40.0. The maximum Gasteiger partial charge on any atom is 0.226 e. The Bertz CT molecular complexity index is 958. The highest BCUT2D eigenvalue weighted by Crippen LogP contribution is 2.50. The molecule has 0 amide bonds. The van der Waals surface area contributed by atoms with Crippen molar-refractivity contribution in [2.45, 2.75) is 0 Å². The average Bonchev–Trinajstić information content (AvgIpc) is 2.55. The van der Waals surface area contributed by atoms with Crippen LogP contribution in [-0.2, 0) is 4.79 Å². The molecule has 110 valence electrons. The number of phenolic OH excluding ortho intramolecular Hbond substituents is 4. The normalized spacial score (nSPS) is 10.9. The van der Waals surface area contributed by atoms with Gasteiger partial charge in [0, 0.05) is 16.3 Å². The molecule has 3 aromatic carbocycles. The van der Waals surface area contributed by atoms with Crippen molar-refractivity contribution in [3.05, 3.63) is 35.9 Å². The van der Waals surface area contributed by atoms with E-state index in [1.54, 1.807) is 24.3 Å². The van der Waals surface area contributed by atoms with Gasteiger partial charge in [-0.1, -0.05) is 24.3 Å². The van der Waals surface area contributed by atoms with Crippen LogP contribution >= 0.6 is 0 Å². The maximum absolute atomic E-state index is 12.0. The fourth-order valence-electron chi connectivity index (χ4n) is 2.57. The molecule has 0 atom stereocenters. The van der Waals surface area contributed by atoms with Gasteiger partial charge in [-0.3, -0.25) is 9.59 Å². The zero-order valence-electron chi connectivity index (χ0n) is 11.1. The molecule has 0 aliphatic heterocycles. The molecule has 6 heteroatoms. The number of Topliss-reactive ketones (excluding diaryl/α,β-unsaturated/α-hetero) is 1. The molecular formula is C16H10O6. The van der Waals surface area contributed by atoms with Crippen molar-refractivity contribution in [2.75, 3.05) is 0 Å². The predicted octanol–water partition coefficient (Wildman–Crippen LogP) is 2.20. The van der Waals surface area contributed by atoms with Gasteiger partial charge in [-0.25, -0.2) is 0 Å². The monoisotopic (exact) mass is 298 g/mol. The number of phenols is 4. The van der Waals surface area contributed by atoms with E-state index in [0.717, 1.165) is 0 Å². The van der Waals surface area contributed by atoms with Gasteiger partial charge in [0.25, 0.3) is 0 Å². The van der Waals surface area contributed by atoms with Crippen molar-refractivity contribution >= 4 is 33.6 Å². The van der Waals surface area contributed by atoms with Crippen LogP contribution in [0.3, 0.4) is 0 Å². The van der Waals surface area contributed by atoms with Crippen molar-refractivity contribution in [1.29, 1.82) is 0 Å². The molecule has 0 aliphatic carbocycles. The lowest BCUT2D eigenvalue weighted by Crippen LogP contribution is -2.02. The van der Waals surface area contributed by atoms with Gasteiger partial charge in [-0.05, 0) is 16.8 Å². The Morgan fingerprint density at radius 3 is 2.18 bits per heavy atom. The Labute approximate surface area is 123 Å². The Morgan fingerprint density at radius 1 is 0.864 bits per heavy atom. The van der Waals surface area contributed by atoms with E-state index in [9.17, 15) is 30.0 Å². The van der Waals surface area contributed by atoms with Gasteiger partial charge in [0.1, 0.15) is 0 Å². The summed E-state index contributed by atoms with van der Waals surface area (Å²) in [6, 6.07) is 8.01. The molecule has 4 N–H and O–H groups in total. The van der Waals surface area contributed by atoms with Crippen molar-refractivity contribution in [2.24, 2.45) is 0 Å². The number of hydrogen-bond acceptors (Lipinski definition) is 6. The first-order valence-corrected chi connectivity index (χ1v) is 6.28. The van der Waals surface area contributed by atoms with Gasteiger partial charge in [-0.2, -0.15) is 0 Å². The summed E-state index contributed by atoms with van der Waals surface area (Å²) < 4.78 is 0. The minimum atomic E-state index is -0.958. The lowest BCUT2D eigenvalue weighted by atomic mass is 9.93. The van der Waals surface area contributed by atoms with Crippen LogP contribution in [0.25, 0.3) is 21.5 Å². The standard InChI is InChI=1S/C16H10O6/c17-6-10(18)11-8-4-2-1-3-7(8)5-9-12(11)14(20)16(22)15(21)13(9)19/h1-6,19-22H. The van der Waals surface area contributed by atoms with E-state index < -0.39 is 28.8 Å². The molecular weight excluding hydrogens is 288 g/mol. The number of rotatable bonds is 2. The molecule has 0 unspecified atom stereocenters. The highest BCUT2D eigenvalue weighted by atomic mass is 16.3. The molecule has 22 heavy (non-hydrogen) atoms. The van der Waals surface area contributed by atoms with Crippen LogP contribution in [0.1, 0.15) is 10.4 Å². The number of aromatic hydroxyl groups is 4. The van der Waals surface area contributed by atoms with E-state index in [-0.39, 0.29) is 22.6 Å². The summed E-state index contributed by atoms with van der Waals surface area (Å²) >= 11 is 0. The molecule has 6 nitrogen and oxygen atoms in total. The summed E-state index contributed by atoms with van der Waals surface area (Å²) in [6.45, 7) is 0. The minimum Gasteiger partial charge on any atom is -0.504 e. The molecule has 0 aliphatic rings. The first-order chi connectivity index (χ1) is 10.5. The van der Waals surface area contributed by atoms with Crippen LogP contribution < -0.4 is 0 Å². The molecule has 3 rings (SSSR count). The van der Waals surface area contributed by atoms with E-state index in [2.05, 4.69) is 0 Å². The molecule has 0 heterocycles. The van der Waals surface area contributed by atoms with Crippen LogP contribution in [0.4, 0.5) is 0 Å². The second-order valence-electron chi connectivity index (χ2n) is 4.77. The van der Waals surface area contributed by atoms with Crippen molar-refractivity contribution < 1.29 is 30.0 Å². The van der Waals surface area contributed by atoms with Gasteiger partial charge in [0.2, 0.25) is 17.3 Å². The number of hydrogen-bond donors (Lipinski definition) is 4. The Kier molecular flexibility index (Phi) is 2.88. The number of benzene rings is 3. The maximum atomic E-state index is 12.0. The molecule has 0 aromatic heterocycles. The fraction of sp³-hybridized carbons (Fsp3) is 0. The van der Waals surface area contributed by atoms with Gasteiger partial charge in [0.05, 0.1) is 0 Å². The summed E-state index contributed by atoms with van der Waals surface area (Å²) in [5.74, 6) is -4.23. The molecule has 0 bridgehead atoms. The van der Waals surface area contributed by atoms with Gasteiger partial charge >= 0.3 is 0 Å². The smallest absolute Gasteiger partial charge is 0.226 e. The van der Waals surface area contributed by atoms with Crippen LogP contribution in [0.5, 0.6) is 23.0 Å². The lowest BCUT2D eigenvalue weighted by molar-refractivity contribution is -0.104. The SMILES string of the molecule is O=CC(=O)c1c2ccccc2cc2c(O)c(O)c(O)c(O)c12. The molecule has 0 saturated heterocycles. The molecule has 0 fully saturated rings. The van der Waals surface area contributed by atoms with Crippen molar-refractivity contribution in [3.63, 3.8) is 0 Å². The van der Waals surface area contributed by atoms with E-state index in [1.807, 2.05) is 0 Å². The largest absolute Gasteiger partial charge is 0.504 e. The lowest BCUT2D eigenvalue weighted by Gasteiger charge is -2.13. The topological polar surface area (TPSA) is 115 Å². The molecule has 0 saturated carbocycles. The first kappa shape index (κ1) is 13.7. The Morgan fingerprint density at radius 2 is 1.50 bits per heavy atom. The van der Waals surface area contributed by atoms with Crippen molar-refractivity contribution in [1.82, 2.24) is 0 Å². The summed E-state index contributed by atoms with van der Waals surface area (Å²) in [7, 11) is 0. The van der Waals surface area contributed by atoms with Gasteiger partial charge < -0.3 is 20.4 Å². The fourth-order valence-corrected chi connectivity index (χ4v) is 2.57. The second kappa shape index (κ2) is 4.63. The third-order valence-corrected chi connectivity index (χ3v) is 3.57. The van der Waals surface area contributed by atoms with E-state index in [1.165, 1.54) is 6.07 Å². The summed E-state index contributed by atoms with van der Waals surface area (Å²) in [5.41, 5.74) is -0.147. The van der Waals surface area contributed by atoms with Crippen LogP contribution in [0, 0.1) is 0 Å². The van der Waals surface area contributed by atoms with Crippen molar-refractivity contribution in [3.8, 4) is 23.0 Å². The van der Waals surface area contributed by atoms with Crippen LogP contribution in [-0.4, -0.2) is 32.5 Å². The molecule has 0 spiro atoms. The van der Waals surface area contributed by atoms with E-state index in [4.69, 9.17) is 0 Å². The summed E-state index contributed by atoms with van der Waals surface area (Å²) in [6.07, 6.45) is 0.0849. The number of ketones is 1. The molecule has 3 aromatic rings. The number of fused-ring (bicyclic) bond motifs is 2. The third-order valence-electron chi connectivity index (χ3n) is 3.57.